The van der Waals surface area contributed by atoms with E-state index in [1.807, 2.05) is 31.2 Å². The van der Waals surface area contributed by atoms with Crippen molar-refractivity contribution >= 4 is 17.6 Å². The zero-order valence-corrected chi connectivity index (χ0v) is 17.4. The number of amides is 2. The Bertz CT molecular complexity index is 898. The van der Waals surface area contributed by atoms with Crippen LogP contribution in [0.4, 0.5) is 0 Å². The van der Waals surface area contributed by atoms with Gasteiger partial charge in [0, 0.05) is 31.5 Å². The van der Waals surface area contributed by atoms with Gasteiger partial charge in [-0.05, 0) is 49.6 Å². The van der Waals surface area contributed by atoms with Gasteiger partial charge in [0.1, 0.15) is 5.75 Å². The molecule has 158 valence electrons. The molecule has 6 heteroatoms. The highest BCUT2D eigenvalue weighted by molar-refractivity contribution is 5.98. The van der Waals surface area contributed by atoms with Crippen LogP contribution < -0.4 is 5.32 Å². The highest BCUT2D eigenvalue weighted by atomic mass is 16.3. The second-order valence-electron chi connectivity index (χ2n) is 7.93. The fraction of sp³-hybridized carbons (Fsp3) is 0.375. The number of likely N-dealkylation sites (tertiary alicyclic amines) is 1. The molecule has 2 aromatic carbocycles. The molecule has 3 rings (SSSR count). The van der Waals surface area contributed by atoms with Gasteiger partial charge in [0.2, 0.25) is 11.8 Å². The molecule has 2 aromatic rings. The maximum Gasteiger partial charge on any atom is 0.224 e. The smallest absolute Gasteiger partial charge is 0.224 e. The number of phenolic OH excluding ortho intramolecular Hbond substituents is 1. The first kappa shape index (κ1) is 21.6. The highest BCUT2D eigenvalue weighted by Crippen LogP contribution is 2.25. The Morgan fingerprint density at radius 1 is 1.03 bits per heavy atom. The first-order valence-electron chi connectivity index (χ1n) is 10.3. The molecule has 0 aromatic heterocycles. The predicted octanol–water partition coefficient (Wildman–Crippen LogP) is 3.39. The number of hydrogen-bond acceptors (Lipinski definition) is 4. The van der Waals surface area contributed by atoms with Crippen LogP contribution in [0.5, 0.6) is 5.75 Å². The lowest BCUT2D eigenvalue weighted by Gasteiger charge is -2.32. The molecular weight excluding hydrogens is 380 g/mol. The summed E-state index contributed by atoms with van der Waals surface area (Å²) in [6, 6.07) is 13.7. The minimum absolute atomic E-state index is 0.0233. The Labute approximate surface area is 176 Å². The summed E-state index contributed by atoms with van der Waals surface area (Å²) in [6.07, 6.45) is 1.42. The Morgan fingerprint density at radius 2 is 1.63 bits per heavy atom. The summed E-state index contributed by atoms with van der Waals surface area (Å²) in [7, 11) is 0. The number of hydrogen-bond donors (Lipinski definition) is 2. The molecule has 1 unspecified atom stereocenters. The molecule has 0 spiro atoms. The van der Waals surface area contributed by atoms with E-state index in [9.17, 15) is 19.5 Å². The van der Waals surface area contributed by atoms with Crippen molar-refractivity contribution in [3.63, 3.8) is 0 Å². The number of aromatic hydroxyl groups is 1. The van der Waals surface area contributed by atoms with E-state index in [2.05, 4.69) is 5.32 Å². The summed E-state index contributed by atoms with van der Waals surface area (Å²) < 4.78 is 0. The zero-order valence-electron chi connectivity index (χ0n) is 17.4. The predicted molar refractivity (Wildman–Crippen MR) is 114 cm³/mol. The number of nitrogens with one attached hydrogen (secondary N) is 1. The summed E-state index contributed by atoms with van der Waals surface area (Å²) in [5.41, 5.74) is 2.61. The summed E-state index contributed by atoms with van der Waals surface area (Å²) in [6.45, 7) is 4.49. The van der Waals surface area contributed by atoms with Crippen molar-refractivity contribution in [1.29, 1.82) is 0 Å². The van der Waals surface area contributed by atoms with Gasteiger partial charge >= 0.3 is 0 Å². The van der Waals surface area contributed by atoms with E-state index in [4.69, 9.17) is 0 Å². The van der Waals surface area contributed by atoms with Crippen LogP contribution in [0.2, 0.25) is 0 Å². The highest BCUT2D eigenvalue weighted by Gasteiger charge is 2.29. The molecule has 0 bridgehead atoms. The minimum atomic E-state index is -0.369. The number of nitrogens with zero attached hydrogens (tertiary/aromatic N) is 1. The lowest BCUT2D eigenvalue weighted by Crippen LogP contribution is -2.42. The van der Waals surface area contributed by atoms with Crippen LogP contribution in [-0.2, 0) is 9.59 Å². The number of piperidine rings is 1. The van der Waals surface area contributed by atoms with Crippen LogP contribution in [-0.4, -0.2) is 40.7 Å². The fourth-order valence-electron chi connectivity index (χ4n) is 3.85. The van der Waals surface area contributed by atoms with E-state index >= 15 is 0 Å². The van der Waals surface area contributed by atoms with Gasteiger partial charge in [-0.25, -0.2) is 0 Å². The molecular formula is C24H28N2O4. The Hall–Kier alpha value is -3.15. The number of ketones is 1. The summed E-state index contributed by atoms with van der Waals surface area (Å²) in [5.74, 6) is -0.134. The normalized spacial score (nSPS) is 15.5. The zero-order chi connectivity index (χ0) is 21.7. The molecule has 1 atom stereocenters. The molecule has 1 fully saturated rings. The number of benzene rings is 2. The molecule has 1 saturated heterocycles. The second kappa shape index (κ2) is 9.57. The molecule has 6 nitrogen and oxygen atoms in total. The van der Waals surface area contributed by atoms with Crippen LogP contribution in [0.15, 0.2) is 48.5 Å². The van der Waals surface area contributed by atoms with E-state index in [1.54, 1.807) is 17.0 Å². The lowest BCUT2D eigenvalue weighted by atomic mass is 9.88. The Morgan fingerprint density at radius 3 is 2.20 bits per heavy atom. The van der Waals surface area contributed by atoms with Crippen molar-refractivity contribution in [2.75, 3.05) is 13.1 Å². The third-order valence-electron chi connectivity index (χ3n) is 5.61. The number of aryl methyl sites for hydroxylation is 1. The fourth-order valence-corrected chi connectivity index (χ4v) is 3.85. The van der Waals surface area contributed by atoms with Gasteiger partial charge in [0.25, 0.3) is 0 Å². The van der Waals surface area contributed by atoms with Crippen LogP contribution in [0.25, 0.3) is 0 Å². The average Bonchev–Trinajstić information content (AvgIpc) is 2.73. The van der Waals surface area contributed by atoms with Crippen molar-refractivity contribution < 1.29 is 19.5 Å². The van der Waals surface area contributed by atoms with Crippen LogP contribution >= 0.6 is 0 Å². The third-order valence-corrected chi connectivity index (χ3v) is 5.61. The van der Waals surface area contributed by atoms with Gasteiger partial charge in [-0.15, -0.1) is 0 Å². The monoisotopic (exact) mass is 408 g/mol. The largest absolute Gasteiger partial charge is 0.508 e. The topological polar surface area (TPSA) is 86.7 Å². The summed E-state index contributed by atoms with van der Waals surface area (Å²) >= 11 is 0. The maximum atomic E-state index is 12.9. The van der Waals surface area contributed by atoms with E-state index < -0.39 is 0 Å². The molecule has 2 amide bonds. The third kappa shape index (κ3) is 5.47. The van der Waals surface area contributed by atoms with Crippen LogP contribution in [0, 0.1) is 12.8 Å². The van der Waals surface area contributed by atoms with Crippen molar-refractivity contribution in [2.45, 2.75) is 39.2 Å². The Kier molecular flexibility index (Phi) is 6.87. The van der Waals surface area contributed by atoms with Crippen molar-refractivity contribution in [2.24, 2.45) is 5.92 Å². The molecule has 0 radical (unpaired) electrons. The van der Waals surface area contributed by atoms with E-state index in [1.165, 1.54) is 19.1 Å². The van der Waals surface area contributed by atoms with Crippen molar-refractivity contribution in [3.05, 3.63) is 65.2 Å². The number of rotatable bonds is 6. The van der Waals surface area contributed by atoms with Gasteiger partial charge in [-0.3, -0.25) is 14.4 Å². The van der Waals surface area contributed by atoms with Gasteiger partial charge in [0.15, 0.2) is 5.78 Å². The van der Waals surface area contributed by atoms with Gasteiger partial charge in [-0.2, -0.15) is 0 Å². The molecule has 1 aliphatic heterocycles. The molecule has 0 saturated carbocycles. The average molecular weight is 408 g/mol. The first-order chi connectivity index (χ1) is 14.3. The van der Waals surface area contributed by atoms with Gasteiger partial charge < -0.3 is 15.3 Å². The number of carbonyl (C=O) groups excluding carboxylic acids is 3. The number of carbonyl (C=O) groups is 3. The molecule has 1 heterocycles. The summed E-state index contributed by atoms with van der Waals surface area (Å²) in [4.78, 5) is 39.0. The molecule has 1 aliphatic rings. The van der Waals surface area contributed by atoms with Gasteiger partial charge in [-0.1, -0.05) is 29.8 Å². The minimum Gasteiger partial charge on any atom is -0.508 e. The standard InChI is InChI=1S/C24H28N2O4/c1-16-3-5-18(6-4-16)22(25-17(2)27)15-23(29)26-13-11-20(12-14-26)24(30)19-7-9-21(28)10-8-19/h3-10,20,22,28H,11-15H2,1-2H3,(H,25,27). The maximum absolute atomic E-state index is 12.9. The molecule has 2 N–H and O–H groups in total. The van der Waals surface area contributed by atoms with Gasteiger partial charge in [0.05, 0.1) is 12.5 Å². The van der Waals surface area contributed by atoms with Crippen molar-refractivity contribution in [3.8, 4) is 5.75 Å². The summed E-state index contributed by atoms with van der Waals surface area (Å²) in [5, 5.41) is 12.3. The first-order valence-corrected chi connectivity index (χ1v) is 10.3. The number of phenols is 1. The Balaban J connectivity index is 1.59. The molecule has 0 aliphatic carbocycles. The van der Waals surface area contributed by atoms with E-state index in [-0.39, 0.29) is 41.7 Å². The molecule has 30 heavy (non-hydrogen) atoms. The lowest BCUT2D eigenvalue weighted by molar-refractivity contribution is -0.133. The quantitative estimate of drug-likeness (QED) is 0.718. The number of Topliss-reactive ketones (excluding diaryl/α,β-unsaturated/α-hetero) is 1. The SMILES string of the molecule is CC(=O)NC(CC(=O)N1CCC(C(=O)c2ccc(O)cc2)CC1)c1ccc(C)cc1. The van der Waals surface area contributed by atoms with Crippen molar-refractivity contribution in [1.82, 2.24) is 10.2 Å². The van der Waals surface area contributed by atoms with E-state index in [0.717, 1.165) is 11.1 Å². The second-order valence-corrected chi connectivity index (χ2v) is 7.93. The van der Waals surface area contributed by atoms with Crippen LogP contribution in [0.3, 0.4) is 0 Å². The van der Waals surface area contributed by atoms with E-state index in [0.29, 0.717) is 31.5 Å². The van der Waals surface area contributed by atoms with Crippen LogP contribution in [0.1, 0.15) is 53.7 Å².